The van der Waals surface area contributed by atoms with Crippen LogP contribution in [0, 0.1) is 0 Å². The Hall–Kier alpha value is -0.440. The molecule has 0 aromatic carbocycles. The summed E-state index contributed by atoms with van der Waals surface area (Å²) in [6, 6.07) is 4.41. The molecule has 6 aliphatic heterocycles. The third-order valence-corrected chi connectivity index (χ3v) is 12.1. The summed E-state index contributed by atoms with van der Waals surface area (Å²) in [5.74, 6) is 0. The molecule has 0 aromatic heterocycles. The molecule has 0 radical (unpaired) electrons. The lowest BCUT2D eigenvalue weighted by atomic mass is 10.2. The van der Waals surface area contributed by atoms with Crippen molar-refractivity contribution in [1.82, 2.24) is 34.3 Å². The summed E-state index contributed by atoms with van der Waals surface area (Å²) in [4.78, 5) is 17.5. The Morgan fingerprint density at radius 2 is 0.550 bits per heavy atom. The largest absolute Gasteiger partial charge is 0.400 e. The second-order valence-electron chi connectivity index (χ2n) is 18.8. The molecule has 0 saturated carbocycles. The maximum Gasteiger partial charge on any atom is 0.0594 e. The number of piperazine rings is 1. The number of aliphatic hydroxyl groups excluding tert-OH is 2. The Bertz CT molecular complexity index is 797. The van der Waals surface area contributed by atoms with E-state index in [0.717, 1.165) is 77.3 Å². The molecule has 6 fully saturated rings. The van der Waals surface area contributed by atoms with E-state index < -0.39 is 0 Å². The lowest BCUT2D eigenvalue weighted by molar-refractivity contribution is 0.0238. The smallest absolute Gasteiger partial charge is 0.0594 e. The Kier molecular flexibility index (Phi) is 42.4. The number of morpholine rings is 1. The molecule has 2 N–H and O–H groups in total. The van der Waals surface area contributed by atoms with Crippen LogP contribution in [0.5, 0.6) is 0 Å². The van der Waals surface area contributed by atoms with E-state index in [0.29, 0.717) is 12.1 Å². The van der Waals surface area contributed by atoms with Crippen molar-refractivity contribution in [3.8, 4) is 0 Å². The zero-order valence-electron chi connectivity index (χ0n) is 43.1. The summed E-state index contributed by atoms with van der Waals surface area (Å²) < 4.78 is 10.5. The molecule has 0 spiro atoms. The number of likely N-dealkylation sites (N-methyl/N-ethyl adjacent to an activating group) is 1. The van der Waals surface area contributed by atoms with Gasteiger partial charge in [-0.25, -0.2) is 0 Å². The van der Waals surface area contributed by atoms with Crippen molar-refractivity contribution in [2.45, 2.75) is 184 Å². The molecule has 0 atom stereocenters. The lowest BCUT2D eigenvalue weighted by Gasteiger charge is -2.34. The zero-order valence-corrected chi connectivity index (χ0v) is 43.1. The van der Waals surface area contributed by atoms with Crippen molar-refractivity contribution in [2.24, 2.45) is 0 Å². The first-order valence-electron chi connectivity index (χ1n) is 25.0. The first-order chi connectivity index (χ1) is 28.6. The number of hydrogen-bond donors (Lipinski definition) is 2. The standard InChI is InChI=1S/C9H19N.C8H18N2.C8H17NO.C7H15NO.2C7H15N.C2H6O.CH4O/c1-9(2)10-7-5-3-4-6-8-10;1-8(2)10-6-4-9(3)5-7-10;1-8(2)9-4-3-6-10-7-5-9;1-7(2)8-3-5-9-6-4-8;2*1-7(2)8-5-3-4-6-8;1-2-3;1-2/h9H,3-8H2,1-2H3;8H,4-7H2,1-3H3;8H,3-7H2,1-2H3;7H,3-6H2,1-2H3;2*7H,3-6H2,1-2H3;3H,2H2,1H3;2H,1H3. The molecule has 0 bridgehead atoms. The second kappa shape index (κ2) is 41.3. The van der Waals surface area contributed by atoms with Gasteiger partial charge in [-0.3, -0.25) is 14.7 Å². The van der Waals surface area contributed by atoms with Gasteiger partial charge in [0.1, 0.15) is 0 Å². The highest BCUT2D eigenvalue weighted by molar-refractivity contribution is 4.72. The fourth-order valence-electron chi connectivity index (χ4n) is 7.84. The van der Waals surface area contributed by atoms with Gasteiger partial charge in [-0.2, -0.15) is 0 Å². The van der Waals surface area contributed by atoms with E-state index in [-0.39, 0.29) is 6.61 Å². The van der Waals surface area contributed by atoms with Gasteiger partial charge < -0.3 is 39.3 Å². The number of aliphatic hydroxyl groups is 2. The molecule has 6 rings (SSSR count). The van der Waals surface area contributed by atoms with Crippen LogP contribution in [0.3, 0.4) is 0 Å². The number of likely N-dealkylation sites (tertiary alicyclic amines) is 3. The van der Waals surface area contributed by atoms with Crippen molar-refractivity contribution >= 4 is 0 Å². The molecule has 11 heteroatoms. The van der Waals surface area contributed by atoms with Gasteiger partial charge in [0.2, 0.25) is 0 Å². The van der Waals surface area contributed by atoms with Gasteiger partial charge in [0.05, 0.1) is 19.8 Å². The fraction of sp³-hybridized carbons (Fsp3) is 1.00. The van der Waals surface area contributed by atoms with Crippen LogP contribution in [0.15, 0.2) is 0 Å². The Morgan fingerprint density at radius 1 is 0.333 bits per heavy atom. The summed E-state index contributed by atoms with van der Waals surface area (Å²) in [6.07, 6.45) is 12.6. The monoisotopic (exact) mass is 860 g/mol. The highest BCUT2D eigenvalue weighted by Gasteiger charge is 2.17. The van der Waals surface area contributed by atoms with Gasteiger partial charge in [-0.05, 0) is 181 Å². The summed E-state index contributed by atoms with van der Waals surface area (Å²) in [5.41, 5.74) is 0. The van der Waals surface area contributed by atoms with Crippen molar-refractivity contribution in [2.75, 3.05) is 139 Å². The van der Waals surface area contributed by atoms with E-state index in [1.807, 2.05) is 0 Å². The van der Waals surface area contributed by atoms with Gasteiger partial charge in [-0.15, -0.1) is 0 Å². The molecule has 6 saturated heterocycles. The molecule has 0 unspecified atom stereocenters. The summed E-state index contributed by atoms with van der Waals surface area (Å²) in [6.45, 7) is 50.2. The van der Waals surface area contributed by atoms with Crippen LogP contribution < -0.4 is 0 Å². The molecule has 11 nitrogen and oxygen atoms in total. The van der Waals surface area contributed by atoms with Gasteiger partial charge in [0.25, 0.3) is 0 Å². The molecule has 0 amide bonds. The average molecular weight is 860 g/mol. The fourth-order valence-corrected chi connectivity index (χ4v) is 7.84. The van der Waals surface area contributed by atoms with Crippen LogP contribution in [0.2, 0.25) is 0 Å². The SMILES string of the molecule is CC(C)N1CCCC1.CC(C)N1CCCC1.CC(C)N1CCCCCC1.CC(C)N1CCCOCC1.CC(C)N1CCN(C)CC1.CC(C)N1CCOCC1.CCO.CO. The van der Waals surface area contributed by atoms with Crippen molar-refractivity contribution in [1.29, 1.82) is 0 Å². The van der Waals surface area contributed by atoms with Gasteiger partial charge in [0.15, 0.2) is 0 Å². The normalized spacial score (nSPS) is 21.6. The number of hydrogen-bond acceptors (Lipinski definition) is 11. The third kappa shape index (κ3) is 34.0. The van der Waals surface area contributed by atoms with Crippen LogP contribution in [0.1, 0.15) is 148 Å². The predicted octanol–water partition coefficient (Wildman–Crippen LogP) is 7.35. The van der Waals surface area contributed by atoms with E-state index in [2.05, 4.69) is 124 Å². The molecule has 0 aliphatic carbocycles. The predicted molar refractivity (Wildman–Crippen MR) is 262 cm³/mol. The van der Waals surface area contributed by atoms with E-state index in [9.17, 15) is 0 Å². The molecular formula is C49H109N7O4. The maximum atomic E-state index is 7.57. The minimum atomic E-state index is 0.250. The topological polar surface area (TPSA) is 81.6 Å². The molecule has 6 aliphatic rings. The van der Waals surface area contributed by atoms with Gasteiger partial charge in [0, 0.05) is 109 Å². The Balaban J connectivity index is 0. The molecular weight excluding hydrogens is 751 g/mol. The molecule has 364 valence electrons. The minimum Gasteiger partial charge on any atom is -0.400 e. The minimum absolute atomic E-state index is 0.250. The van der Waals surface area contributed by atoms with Crippen molar-refractivity contribution in [3.63, 3.8) is 0 Å². The molecule has 60 heavy (non-hydrogen) atoms. The van der Waals surface area contributed by atoms with Crippen LogP contribution in [-0.4, -0.2) is 220 Å². The summed E-state index contributed by atoms with van der Waals surface area (Å²) in [5, 5.41) is 14.6. The lowest BCUT2D eigenvalue weighted by Crippen LogP contribution is -2.47. The summed E-state index contributed by atoms with van der Waals surface area (Å²) in [7, 11) is 3.19. The van der Waals surface area contributed by atoms with Crippen LogP contribution in [0.25, 0.3) is 0 Å². The number of ether oxygens (including phenoxy) is 2. The zero-order chi connectivity index (χ0) is 45.7. The number of rotatable bonds is 6. The van der Waals surface area contributed by atoms with E-state index in [1.165, 1.54) is 130 Å². The first kappa shape index (κ1) is 61.6. The summed E-state index contributed by atoms with van der Waals surface area (Å²) >= 11 is 0. The highest BCUT2D eigenvalue weighted by atomic mass is 16.5. The molecule has 0 aromatic rings. The Morgan fingerprint density at radius 3 is 0.850 bits per heavy atom. The van der Waals surface area contributed by atoms with E-state index in [4.69, 9.17) is 19.7 Å². The van der Waals surface area contributed by atoms with E-state index in [1.54, 1.807) is 6.92 Å². The van der Waals surface area contributed by atoms with Gasteiger partial charge >= 0.3 is 0 Å². The second-order valence-corrected chi connectivity index (χ2v) is 18.8. The maximum absolute atomic E-state index is 7.57. The average Bonchev–Trinajstić information content (AvgIpc) is 3.85. The van der Waals surface area contributed by atoms with Crippen LogP contribution >= 0.6 is 0 Å². The van der Waals surface area contributed by atoms with Crippen molar-refractivity contribution in [3.05, 3.63) is 0 Å². The molecule has 6 heterocycles. The highest BCUT2D eigenvalue weighted by Crippen LogP contribution is 2.13. The van der Waals surface area contributed by atoms with Gasteiger partial charge in [-0.1, -0.05) is 12.8 Å². The van der Waals surface area contributed by atoms with E-state index >= 15 is 0 Å². The number of nitrogens with zero attached hydrogens (tertiary/aromatic N) is 7. The van der Waals surface area contributed by atoms with Crippen LogP contribution in [-0.2, 0) is 9.47 Å². The third-order valence-electron chi connectivity index (χ3n) is 12.1. The van der Waals surface area contributed by atoms with Crippen molar-refractivity contribution < 1.29 is 19.7 Å². The quantitative estimate of drug-likeness (QED) is 0.282. The van der Waals surface area contributed by atoms with Crippen LogP contribution in [0.4, 0.5) is 0 Å². The first-order valence-corrected chi connectivity index (χ1v) is 25.0. The Labute approximate surface area is 375 Å².